The first-order chi connectivity index (χ1) is 14.0. The molecule has 0 bridgehead atoms. The number of benzene rings is 2. The molecule has 0 aromatic heterocycles. The summed E-state index contributed by atoms with van der Waals surface area (Å²) in [4.78, 5) is 11.5. The van der Waals surface area contributed by atoms with E-state index in [1.54, 1.807) is 6.92 Å². The summed E-state index contributed by atoms with van der Waals surface area (Å²) in [6.45, 7) is 2.00. The predicted octanol–water partition coefficient (Wildman–Crippen LogP) is 3.64. The van der Waals surface area contributed by atoms with Crippen LogP contribution in [0.15, 0.2) is 30.3 Å². The highest BCUT2D eigenvalue weighted by molar-refractivity contribution is 6.33. The lowest BCUT2D eigenvalue weighted by Crippen LogP contribution is -2.33. The van der Waals surface area contributed by atoms with Crippen LogP contribution in [-0.2, 0) is 17.6 Å². The Labute approximate surface area is 175 Å². The average molecular weight is 417 g/mol. The largest absolute Gasteiger partial charge is 0.491 e. The van der Waals surface area contributed by atoms with E-state index in [4.69, 9.17) is 21.1 Å². The number of ether oxygens (including phenoxy) is 2. The minimum atomic E-state index is -0.512. The number of hydrogen-bond donors (Lipinski definition) is 2. The quantitative estimate of drug-likeness (QED) is 0.728. The van der Waals surface area contributed by atoms with Gasteiger partial charge >= 0.3 is 0 Å². The Morgan fingerprint density at radius 2 is 2.00 bits per heavy atom. The maximum Gasteiger partial charge on any atom is 0.159 e. The third-order valence-corrected chi connectivity index (χ3v) is 6.13. The van der Waals surface area contributed by atoms with E-state index in [0.29, 0.717) is 42.2 Å². The molecule has 2 aromatic carbocycles. The van der Waals surface area contributed by atoms with Gasteiger partial charge in [-0.15, -0.1) is 0 Å². The molecule has 3 atom stereocenters. The molecule has 0 aliphatic carbocycles. The van der Waals surface area contributed by atoms with Crippen LogP contribution in [0, 0.1) is 0 Å². The second kappa shape index (κ2) is 8.44. The molecular weight excluding hydrogens is 392 g/mol. The van der Waals surface area contributed by atoms with Crippen LogP contribution in [0.3, 0.4) is 0 Å². The van der Waals surface area contributed by atoms with Gasteiger partial charge in [-0.25, -0.2) is 0 Å². The molecule has 2 N–H and O–H groups in total. The highest BCUT2D eigenvalue weighted by Crippen LogP contribution is 2.44. The molecule has 2 heterocycles. The molecule has 2 aliphatic rings. The summed E-state index contributed by atoms with van der Waals surface area (Å²) in [5.41, 5.74) is 4.65. The van der Waals surface area contributed by atoms with Crippen molar-refractivity contribution in [3.05, 3.63) is 63.2 Å². The number of Topliss-reactive ketones (excluding diaryl/α,β-unsaturated/α-hetero) is 1. The van der Waals surface area contributed by atoms with Crippen LogP contribution >= 0.6 is 11.6 Å². The summed E-state index contributed by atoms with van der Waals surface area (Å²) in [5, 5.41) is 20.4. The Morgan fingerprint density at radius 1 is 1.24 bits per heavy atom. The van der Waals surface area contributed by atoms with Crippen LogP contribution < -0.4 is 4.74 Å². The molecule has 4 rings (SSSR count). The molecule has 0 spiro atoms. The van der Waals surface area contributed by atoms with Gasteiger partial charge in [0.2, 0.25) is 0 Å². The number of hydrogen-bond acceptors (Lipinski definition) is 5. The summed E-state index contributed by atoms with van der Waals surface area (Å²) in [6.07, 6.45) is 1.08. The van der Waals surface area contributed by atoms with Crippen molar-refractivity contribution in [3.8, 4) is 5.75 Å². The summed E-state index contributed by atoms with van der Waals surface area (Å²) in [7, 11) is 0. The van der Waals surface area contributed by atoms with Gasteiger partial charge in [-0.05, 0) is 30.0 Å². The van der Waals surface area contributed by atoms with Gasteiger partial charge in [0.05, 0.1) is 36.5 Å². The van der Waals surface area contributed by atoms with E-state index < -0.39 is 6.10 Å². The first-order valence-corrected chi connectivity index (χ1v) is 10.3. The smallest absolute Gasteiger partial charge is 0.159 e. The van der Waals surface area contributed by atoms with Crippen LogP contribution in [0.4, 0.5) is 0 Å². The van der Waals surface area contributed by atoms with Crippen molar-refractivity contribution in [2.75, 3.05) is 13.2 Å². The lowest BCUT2D eigenvalue weighted by Gasteiger charge is -2.33. The number of carbonyl (C=O) groups is 1. The fraction of sp³-hybridized carbons (Fsp3) is 0.435. The second-order valence-corrected chi connectivity index (χ2v) is 8.21. The average Bonchev–Trinajstić information content (AvgIpc) is 3.20. The number of carbonyl (C=O) groups excluding carboxylic acids is 1. The molecule has 0 amide bonds. The van der Waals surface area contributed by atoms with E-state index >= 15 is 0 Å². The molecule has 29 heavy (non-hydrogen) atoms. The number of halogens is 1. The van der Waals surface area contributed by atoms with Gasteiger partial charge in [-0.3, -0.25) is 4.79 Å². The van der Waals surface area contributed by atoms with E-state index in [0.717, 1.165) is 28.7 Å². The Kier molecular flexibility index (Phi) is 5.93. The van der Waals surface area contributed by atoms with Crippen LogP contribution in [-0.4, -0.2) is 41.4 Å². The third-order valence-electron chi connectivity index (χ3n) is 5.72. The molecule has 5 nitrogen and oxygen atoms in total. The molecule has 154 valence electrons. The van der Waals surface area contributed by atoms with E-state index in [1.807, 2.05) is 30.3 Å². The van der Waals surface area contributed by atoms with Gasteiger partial charge in [0.15, 0.2) is 5.78 Å². The van der Waals surface area contributed by atoms with Gasteiger partial charge in [-0.2, -0.15) is 0 Å². The van der Waals surface area contributed by atoms with Gasteiger partial charge in [-0.1, -0.05) is 41.9 Å². The summed E-state index contributed by atoms with van der Waals surface area (Å²) >= 11 is 6.67. The summed E-state index contributed by atoms with van der Waals surface area (Å²) in [5.74, 6) is 0.734. The minimum absolute atomic E-state index is 0.0363. The van der Waals surface area contributed by atoms with Crippen molar-refractivity contribution in [2.24, 2.45) is 0 Å². The zero-order chi connectivity index (χ0) is 20.5. The molecule has 0 radical (unpaired) electrons. The highest BCUT2D eigenvalue weighted by atomic mass is 35.5. The van der Waals surface area contributed by atoms with Crippen LogP contribution in [0.2, 0.25) is 5.02 Å². The van der Waals surface area contributed by atoms with Gasteiger partial charge in [0, 0.05) is 30.4 Å². The van der Waals surface area contributed by atoms with Gasteiger partial charge in [0.25, 0.3) is 0 Å². The molecule has 6 heteroatoms. The van der Waals surface area contributed by atoms with Gasteiger partial charge in [0.1, 0.15) is 5.75 Å². The number of aliphatic hydroxyl groups excluding tert-OH is 2. The normalized spacial score (nSPS) is 23.5. The number of aliphatic hydroxyl groups is 2. The Bertz CT molecular complexity index is 908. The zero-order valence-corrected chi connectivity index (χ0v) is 17.1. The lowest BCUT2D eigenvalue weighted by molar-refractivity contribution is -0.114. The molecule has 2 aromatic rings. The van der Waals surface area contributed by atoms with Crippen molar-refractivity contribution in [2.45, 2.75) is 50.9 Å². The van der Waals surface area contributed by atoms with Crippen molar-refractivity contribution >= 4 is 17.4 Å². The van der Waals surface area contributed by atoms with Crippen molar-refractivity contribution in [1.82, 2.24) is 0 Å². The van der Waals surface area contributed by atoms with Crippen LogP contribution in [0.25, 0.3) is 0 Å². The lowest BCUT2D eigenvalue weighted by atomic mass is 9.89. The maximum atomic E-state index is 11.5. The van der Waals surface area contributed by atoms with Crippen molar-refractivity contribution in [3.63, 3.8) is 0 Å². The van der Waals surface area contributed by atoms with E-state index in [9.17, 15) is 15.0 Å². The topological polar surface area (TPSA) is 76.0 Å². The highest BCUT2D eigenvalue weighted by Gasteiger charge is 2.33. The number of rotatable bonds is 5. The molecule has 0 unspecified atom stereocenters. The monoisotopic (exact) mass is 416 g/mol. The molecule has 1 fully saturated rings. The van der Waals surface area contributed by atoms with Crippen molar-refractivity contribution < 1.29 is 24.5 Å². The second-order valence-electron chi connectivity index (χ2n) is 7.83. The fourth-order valence-corrected chi connectivity index (χ4v) is 4.50. The first-order valence-electron chi connectivity index (χ1n) is 9.97. The predicted molar refractivity (Wildman–Crippen MR) is 110 cm³/mol. The van der Waals surface area contributed by atoms with E-state index in [2.05, 4.69) is 0 Å². The van der Waals surface area contributed by atoms with Crippen LogP contribution in [0.1, 0.15) is 58.5 Å². The third kappa shape index (κ3) is 4.19. The molecular formula is C23H25ClO5. The first kappa shape index (κ1) is 20.4. The fourth-order valence-electron chi connectivity index (χ4n) is 4.21. The van der Waals surface area contributed by atoms with Gasteiger partial charge < -0.3 is 19.7 Å². The summed E-state index contributed by atoms with van der Waals surface area (Å²) in [6, 6.07) is 9.56. The standard InChI is InChI=1S/C23H25ClO5/c1-13(26)15-4-2-14(3-5-15)8-16-9-20(19-6-7-28-23(19)22(16)24)21-11-17(27)10-18(12-25)29-21/h2-5,9,17-18,21,25,27H,6-8,10-12H2,1H3/t17-,18-,21+/m0/s1. The number of fused-ring (bicyclic) bond motifs is 1. The van der Waals surface area contributed by atoms with Crippen molar-refractivity contribution in [1.29, 1.82) is 0 Å². The van der Waals surface area contributed by atoms with E-state index in [1.165, 1.54) is 0 Å². The SMILES string of the molecule is CC(=O)c1ccc(Cc2cc([C@H]3C[C@@H](O)C[C@@H](CO)O3)c3c(c2Cl)OCC3)cc1. The molecule has 1 saturated heterocycles. The Hall–Kier alpha value is -1.92. The molecule has 2 aliphatic heterocycles. The number of ketones is 1. The Balaban J connectivity index is 1.68. The van der Waals surface area contributed by atoms with E-state index in [-0.39, 0.29) is 24.6 Å². The summed E-state index contributed by atoms with van der Waals surface area (Å²) < 4.78 is 11.9. The molecule has 0 saturated carbocycles. The minimum Gasteiger partial charge on any atom is -0.491 e. The Morgan fingerprint density at radius 3 is 2.69 bits per heavy atom. The van der Waals surface area contributed by atoms with Crippen LogP contribution in [0.5, 0.6) is 5.75 Å². The zero-order valence-electron chi connectivity index (χ0n) is 16.4. The maximum absolute atomic E-state index is 11.5.